The Morgan fingerprint density at radius 2 is 1.74 bits per heavy atom. The van der Waals surface area contributed by atoms with Gasteiger partial charge in [-0.25, -0.2) is 0 Å². The Morgan fingerprint density at radius 1 is 1.06 bits per heavy atom. The summed E-state index contributed by atoms with van der Waals surface area (Å²) < 4.78 is 11.2. The molecule has 1 fully saturated rings. The normalized spacial score (nSPS) is 15.3. The van der Waals surface area contributed by atoms with Crippen molar-refractivity contribution in [1.29, 1.82) is 0 Å². The summed E-state index contributed by atoms with van der Waals surface area (Å²) in [6, 6.07) is 16.7. The summed E-state index contributed by atoms with van der Waals surface area (Å²) in [5, 5.41) is 2.81. The zero-order chi connectivity index (χ0) is 24.3. The largest absolute Gasteiger partial charge is 0.489 e. The van der Waals surface area contributed by atoms with E-state index in [9.17, 15) is 14.4 Å². The number of nitrogens with one attached hydrogen (secondary N) is 1. The molecule has 2 aromatic rings. The van der Waals surface area contributed by atoms with Crippen molar-refractivity contribution in [3.63, 3.8) is 0 Å². The van der Waals surface area contributed by atoms with Gasteiger partial charge in [0.2, 0.25) is 17.7 Å². The highest BCUT2D eigenvalue weighted by Gasteiger charge is 2.27. The second-order valence-corrected chi connectivity index (χ2v) is 8.36. The van der Waals surface area contributed by atoms with Crippen LogP contribution in [0, 0.1) is 12.3 Å². The zero-order valence-electron chi connectivity index (χ0n) is 19.4. The predicted octanol–water partition coefficient (Wildman–Crippen LogP) is 1.87. The van der Waals surface area contributed by atoms with Gasteiger partial charge in [0.15, 0.2) is 0 Å². The standard InChI is InChI=1S/C26H32N3O5/c1-19(25(27)31)7-12-24(30)28-23(26(32)29-13-15-33-16-14-29)17-20-8-10-22(11-9-20)34-18-21-5-3-2-4-6-21/h2-6,8-12,19,23H,7,13-18H2,1H3,(H2,27,31)(H,28,30). The summed E-state index contributed by atoms with van der Waals surface area (Å²) in [5.74, 6) is -0.761. The summed E-state index contributed by atoms with van der Waals surface area (Å²) in [6.45, 7) is 4.04. The molecule has 2 aromatic carbocycles. The van der Waals surface area contributed by atoms with Crippen LogP contribution in [0.25, 0.3) is 0 Å². The molecule has 3 amide bonds. The molecule has 181 valence electrons. The highest BCUT2D eigenvalue weighted by Crippen LogP contribution is 2.16. The monoisotopic (exact) mass is 466 g/mol. The van der Waals surface area contributed by atoms with Gasteiger partial charge >= 0.3 is 0 Å². The fourth-order valence-corrected chi connectivity index (χ4v) is 3.53. The van der Waals surface area contributed by atoms with Crippen LogP contribution in [0.2, 0.25) is 0 Å². The maximum Gasteiger partial charge on any atom is 0.245 e. The van der Waals surface area contributed by atoms with Crippen molar-refractivity contribution in [3.8, 4) is 5.75 Å². The van der Waals surface area contributed by atoms with Gasteiger partial charge in [-0.1, -0.05) is 49.4 Å². The van der Waals surface area contributed by atoms with Gasteiger partial charge < -0.3 is 25.4 Å². The van der Waals surface area contributed by atoms with Crippen LogP contribution in [0.3, 0.4) is 0 Å². The molecule has 1 saturated heterocycles. The molecule has 0 saturated carbocycles. The average Bonchev–Trinajstić information content (AvgIpc) is 2.87. The van der Waals surface area contributed by atoms with Crippen LogP contribution < -0.4 is 15.8 Å². The van der Waals surface area contributed by atoms with Gasteiger partial charge in [-0.2, -0.15) is 0 Å². The lowest BCUT2D eigenvalue weighted by Gasteiger charge is -2.31. The van der Waals surface area contributed by atoms with Crippen molar-refractivity contribution >= 4 is 17.7 Å². The fraction of sp³-hybridized carbons (Fsp3) is 0.385. The Labute approximate surface area is 200 Å². The molecule has 2 unspecified atom stereocenters. The Kier molecular flexibility index (Phi) is 9.46. The zero-order valence-corrected chi connectivity index (χ0v) is 19.4. The van der Waals surface area contributed by atoms with Crippen LogP contribution in [0.5, 0.6) is 5.75 Å². The van der Waals surface area contributed by atoms with Gasteiger partial charge in [0, 0.05) is 25.4 Å². The van der Waals surface area contributed by atoms with Crippen LogP contribution in [-0.2, 0) is 32.1 Å². The second kappa shape index (κ2) is 12.7. The van der Waals surface area contributed by atoms with E-state index in [1.165, 1.54) is 6.42 Å². The first kappa shape index (κ1) is 25.2. The molecule has 1 aliphatic rings. The maximum absolute atomic E-state index is 13.2. The molecule has 8 nitrogen and oxygen atoms in total. The highest BCUT2D eigenvalue weighted by atomic mass is 16.5. The molecular weight excluding hydrogens is 434 g/mol. The topological polar surface area (TPSA) is 111 Å². The number of primary amides is 1. The van der Waals surface area contributed by atoms with E-state index in [1.54, 1.807) is 11.8 Å². The van der Waals surface area contributed by atoms with E-state index < -0.39 is 23.8 Å². The lowest BCUT2D eigenvalue weighted by atomic mass is 10.0. The molecule has 8 heteroatoms. The van der Waals surface area contributed by atoms with E-state index >= 15 is 0 Å². The molecule has 0 bridgehead atoms. The first-order chi connectivity index (χ1) is 16.4. The fourth-order valence-electron chi connectivity index (χ4n) is 3.53. The van der Waals surface area contributed by atoms with Gasteiger partial charge in [-0.05, 0) is 29.7 Å². The lowest BCUT2D eigenvalue weighted by molar-refractivity contribution is -0.139. The van der Waals surface area contributed by atoms with Crippen LogP contribution in [-0.4, -0.2) is 55.0 Å². The number of amides is 3. The minimum atomic E-state index is -0.734. The van der Waals surface area contributed by atoms with Crippen LogP contribution in [0.15, 0.2) is 54.6 Å². The molecule has 1 aliphatic heterocycles. The Hall–Kier alpha value is -3.39. The Bertz CT molecular complexity index is 943. The van der Waals surface area contributed by atoms with E-state index in [1.807, 2.05) is 54.6 Å². The Balaban J connectivity index is 1.62. The summed E-state index contributed by atoms with van der Waals surface area (Å²) in [6.07, 6.45) is 1.92. The van der Waals surface area contributed by atoms with Crippen LogP contribution in [0.4, 0.5) is 0 Å². The van der Waals surface area contributed by atoms with Crippen molar-refractivity contribution in [2.24, 2.45) is 11.7 Å². The number of morpholine rings is 1. The molecule has 0 spiro atoms. The number of ether oxygens (including phenoxy) is 2. The van der Waals surface area contributed by atoms with E-state index in [4.69, 9.17) is 15.2 Å². The summed E-state index contributed by atoms with van der Waals surface area (Å²) in [7, 11) is 0. The molecule has 3 rings (SSSR count). The third-order valence-electron chi connectivity index (χ3n) is 5.69. The number of carbonyl (C=O) groups is 3. The van der Waals surface area contributed by atoms with Gasteiger partial charge in [0.1, 0.15) is 18.4 Å². The van der Waals surface area contributed by atoms with Crippen molar-refractivity contribution in [2.75, 3.05) is 26.3 Å². The average molecular weight is 467 g/mol. The number of nitrogens with zero attached hydrogens (tertiary/aromatic N) is 1. The van der Waals surface area contributed by atoms with Crippen molar-refractivity contribution in [2.45, 2.75) is 32.4 Å². The number of benzene rings is 2. The van der Waals surface area contributed by atoms with Crippen LogP contribution >= 0.6 is 0 Å². The summed E-state index contributed by atoms with van der Waals surface area (Å²) >= 11 is 0. The van der Waals surface area contributed by atoms with Gasteiger partial charge in [-0.3, -0.25) is 14.4 Å². The van der Waals surface area contributed by atoms with Gasteiger partial charge in [0.25, 0.3) is 0 Å². The van der Waals surface area contributed by atoms with E-state index in [2.05, 4.69) is 5.32 Å². The highest BCUT2D eigenvalue weighted by molar-refractivity contribution is 5.92. The summed E-state index contributed by atoms with van der Waals surface area (Å²) in [5.41, 5.74) is 7.23. The van der Waals surface area contributed by atoms with Crippen molar-refractivity contribution < 1.29 is 23.9 Å². The van der Waals surface area contributed by atoms with E-state index in [0.29, 0.717) is 39.3 Å². The molecule has 1 radical (unpaired) electrons. The molecular formula is C26H32N3O5. The number of nitrogens with two attached hydrogens (primary N) is 1. The molecule has 0 aromatic heterocycles. The molecule has 1 heterocycles. The maximum atomic E-state index is 13.2. The second-order valence-electron chi connectivity index (χ2n) is 8.36. The SMILES string of the molecule is CC(C[CH]C(=O)NC(Cc1ccc(OCc2ccccc2)cc1)C(=O)N1CCOCC1)C(N)=O. The van der Waals surface area contributed by atoms with E-state index in [-0.39, 0.29) is 12.3 Å². The lowest BCUT2D eigenvalue weighted by Crippen LogP contribution is -2.52. The van der Waals surface area contributed by atoms with Gasteiger partial charge in [-0.15, -0.1) is 0 Å². The number of rotatable bonds is 11. The van der Waals surface area contributed by atoms with Crippen molar-refractivity contribution in [1.82, 2.24) is 10.2 Å². The third-order valence-corrected chi connectivity index (χ3v) is 5.69. The number of hydrogen-bond donors (Lipinski definition) is 2. The molecule has 3 N–H and O–H groups in total. The first-order valence-corrected chi connectivity index (χ1v) is 11.5. The quantitative estimate of drug-likeness (QED) is 0.525. The first-order valence-electron chi connectivity index (χ1n) is 11.5. The Morgan fingerprint density at radius 3 is 2.38 bits per heavy atom. The van der Waals surface area contributed by atoms with E-state index in [0.717, 1.165) is 16.9 Å². The smallest absolute Gasteiger partial charge is 0.245 e. The number of hydrogen-bond acceptors (Lipinski definition) is 5. The van der Waals surface area contributed by atoms with Gasteiger partial charge in [0.05, 0.1) is 19.6 Å². The molecule has 2 atom stereocenters. The third kappa shape index (κ3) is 7.88. The summed E-state index contributed by atoms with van der Waals surface area (Å²) in [4.78, 5) is 38.6. The van der Waals surface area contributed by atoms with Crippen LogP contribution in [0.1, 0.15) is 24.5 Å². The minimum Gasteiger partial charge on any atom is -0.489 e. The molecule has 34 heavy (non-hydrogen) atoms. The number of carbonyl (C=O) groups excluding carboxylic acids is 3. The minimum absolute atomic E-state index is 0.155. The molecule has 0 aliphatic carbocycles. The van der Waals surface area contributed by atoms with Crippen molar-refractivity contribution in [3.05, 3.63) is 72.1 Å². The predicted molar refractivity (Wildman–Crippen MR) is 128 cm³/mol.